The first-order chi connectivity index (χ1) is 13.3. The fraction of sp³-hybridized carbons (Fsp3) is 0.111. The zero-order valence-corrected chi connectivity index (χ0v) is 15.5. The molecule has 0 aliphatic rings. The molecule has 1 aromatic heterocycles. The van der Waals surface area contributed by atoms with Gasteiger partial charge in [-0.3, -0.25) is 4.79 Å². The first-order valence-electron chi connectivity index (χ1n) is 7.74. The number of carbonyl (C=O) groups excluding carboxylic acids is 1. The molecule has 1 N–H and O–H groups in total. The molecule has 1 heterocycles. The predicted molar refractivity (Wildman–Crippen MR) is 100 cm³/mol. The Morgan fingerprint density at radius 1 is 1.21 bits per heavy atom. The van der Waals surface area contributed by atoms with Crippen molar-refractivity contribution in [2.45, 2.75) is 11.2 Å². The molecule has 10 heteroatoms. The second-order valence-electron chi connectivity index (χ2n) is 5.51. The van der Waals surface area contributed by atoms with Gasteiger partial charge in [0, 0.05) is 11.1 Å². The van der Waals surface area contributed by atoms with E-state index in [-0.39, 0.29) is 26.9 Å². The number of rotatable bonds is 4. The highest BCUT2D eigenvalue weighted by Gasteiger charge is 2.35. The van der Waals surface area contributed by atoms with Gasteiger partial charge in [-0.05, 0) is 24.3 Å². The number of hydrogen-bond donors (Lipinski definition) is 1. The molecular formula is C18H10ClF3N4OS. The zero-order valence-electron chi connectivity index (χ0n) is 13.9. The van der Waals surface area contributed by atoms with Gasteiger partial charge in [0.2, 0.25) is 11.7 Å². The molecule has 0 aliphatic heterocycles. The van der Waals surface area contributed by atoms with Crippen molar-refractivity contribution in [2.24, 2.45) is 0 Å². The maximum Gasteiger partial charge on any atom is 0.451 e. The summed E-state index contributed by atoms with van der Waals surface area (Å²) in [5, 5.41) is 12.1. The molecule has 0 aliphatic carbocycles. The van der Waals surface area contributed by atoms with Gasteiger partial charge in [-0.2, -0.15) is 18.4 Å². The van der Waals surface area contributed by atoms with E-state index < -0.39 is 17.9 Å². The Hall–Kier alpha value is -2.83. The largest absolute Gasteiger partial charge is 0.451 e. The Balaban J connectivity index is 1.78. The fourth-order valence-corrected chi connectivity index (χ4v) is 3.34. The Bertz CT molecular complexity index is 1100. The van der Waals surface area contributed by atoms with Crippen LogP contribution in [0.3, 0.4) is 0 Å². The van der Waals surface area contributed by atoms with E-state index in [4.69, 9.17) is 16.9 Å². The normalized spacial score (nSPS) is 11.2. The molecule has 0 bridgehead atoms. The summed E-state index contributed by atoms with van der Waals surface area (Å²) in [7, 11) is 0. The van der Waals surface area contributed by atoms with Crippen molar-refractivity contribution in [3.05, 3.63) is 58.9 Å². The highest BCUT2D eigenvalue weighted by molar-refractivity contribution is 8.00. The summed E-state index contributed by atoms with van der Waals surface area (Å²) in [6.07, 6.45) is -4.69. The average molecular weight is 423 g/mol. The number of nitrogens with one attached hydrogen (secondary N) is 1. The summed E-state index contributed by atoms with van der Waals surface area (Å²) in [4.78, 5) is 19.3. The minimum absolute atomic E-state index is 0.0611. The van der Waals surface area contributed by atoms with Crippen molar-refractivity contribution in [3.63, 3.8) is 0 Å². The van der Waals surface area contributed by atoms with E-state index in [1.807, 2.05) is 6.07 Å². The smallest absolute Gasteiger partial charge is 0.325 e. The molecular weight excluding hydrogens is 413 g/mol. The van der Waals surface area contributed by atoms with Crippen LogP contribution in [0.25, 0.3) is 10.9 Å². The summed E-state index contributed by atoms with van der Waals surface area (Å²) < 4.78 is 39.1. The summed E-state index contributed by atoms with van der Waals surface area (Å²) in [5.74, 6) is -1.88. The third kappa shape index (κ3) is 4.52. The lowest BCUT2D eigenvalue weighted by molar-refractivity contribution is -0.145. The standard InChI is InChI=1S/C18H10ClF3N4OS/c19-13-7-11(6-5-10(13)8-23)24-15(27)9-28-16-12-3-1-2-4-14(12)25-17(26-16)18(20,21)22/h1-7H,9H2,(H,24,27). The molecule has 0 atom stereocenters. The summed E-state index contributed by atoms with van der Waals surface area (Å²) in [6, 6.07) is 12.6. The average Bonchev–Trinajstić information content (AvgIpc) is 2.65. The van der Waals surface area contributed by atoms with Crippen LogP contribution in [0.2, 0.25) is 5.02 Å². The number of fused-ring (bicyclic) bond motifs is 1. The maximum absolute atomic E-state index is 13.0. The number of nitrogens with zero attached hydrogens (tertiary/aromatic N) is 3. The monoisotopic (exact) mass is 422 g/mol. The fourth-order valence-electron chi connectivity index (χ4n) is 2.30. The number of para-hydroxylation sites is 1. The molecule has 1 amide bonds. The van der Waals surface area contributed by atoms with Crippen LogP contribution in [0.15, 0.2) is 47.5 Å². The first-order valence-corrected chi connectivity index (χ1v) is 9.10. The SMILES string of the molecule is N#Cc1ccc(NC(=O)CSc2nc(C(F)(F)F)nc3ccccc23)cc1Cl. The van der Waals surface area contributed by atoms with E-state index in [1.165, 1.54) is 24.3 Å². The quantitative estimate of drug-likeness (QED) is 0.477. The minimum atomic E-state index is -4.69. The second kappa shape index (κ2) is 8.04. The number of benzene rings is 2. The van der Waals surface area contributed by atoms with Crippen molar-refractivity contribution in [1.82, 2.24) is 9.97 Å². The molecule has 3 rings (SSSR count). The third-order valence-corrected chi connectivity index (χ3v) is 4.84. The number of carbonyl (C=O) groups is 1. The summed E-state index contributed by atoms with van der Waals surface area (Å²) >= 11 is 6.78. The van der Waals surface area contributed by atoms with Crippen LogP contribution in [0.5, 0.6) is 0 Å². The highest BCUT2D eigenvalue weighted by atomic mass is 35.5. The molecule has 0 spiro atoms. The van der Waals surface area contributed by atoms with Gasteiger partial charge < -0.3 is 5.32 Å². The molecule has 3 aromatic rings. The van der Waals surface area contributed by atoms with Crippen molar-refractivity contribution < 1.29 is 18.0 Å². The lowest BCUT2D eigenvalue weighted by Crippen LogP contribution is -2.15. The van der Waals surface area contributed by atoms with Crippen LogP contribution >= 0.6 is 23.4 Å². The van der Waals surface area contributed by atoms with Crippen LogP contribution in [0, 0.1) is 11.3 Å². The number of hydrogen-bond acceptors (Lipinski definition) is 5. The highest BCUT2D eigenvalue weighted by Crippen LogP contribution is 2.32. The van der Waals surface area contributed by atoms with Crippen molar-refractivity contribution >= 4 is 45.9 Å². The number of nitriles is 1. The van der Waals surface area contributed by atoms with Crippen LogP contribution in [0.4, 0.5) is 18.9 Å². The molecule has 0 radical (unpaired) electrons. The van der Waals surface area contributed by atoms with E-state index in [9.17, 15) is 18.0 Å². The van der Waals surface area contributed by atoms with Gasteiger partial charge in [0.25, 0.3) is 0 Å². The van der Waals surface area contributed by atoms with Gasteiger partial charge in [0.15, 0.2) is 0 Å². The van der Waals surface area contributed by atoms with Gasteiger partial charge in [-0.15, -0.1) is 0 Å². The Morgan fingerprint density at radius 2 is 1.96 bits per heavy atom. The maximum atomic E-state index is 13.0. The predicted octanol–water partition coefficient (Wildman–Crippen LogP) is 4.90. The molecule has 0 saturated carbocycles. The summed E-state index contributed by atoms with van der Waals surface area (Å²) in [5.41, 5.74) is 0.783. The number of alkyl halides is 3. The van der Waals surface area contributed by atoms with Crippen molar-refractivity contribution in [3.8, 4) is 6.07 Å². The molecule has 5 nitrogen and oxygen atoms in total. The first kappa shape index (κ1) is 19.9. The number of aromatic nitrogens is 2. The molecule has 142 valence electrons. The van der Waals surface area contributed by atoms with Gasteiger partial charge in [-0.25, -0.2) is 9.97 Å². The van der Waals surface area contributed by atoms with Crippen LogP contribution in [-0.2, 0) is 11.0 Å². The van der Waals surface area contributed by atoms with E-state index in [1.54, 1.807) is 18.2 Å². The molecule has 28 heavy (non-hydrogen) atoms. The zero-order chi connectivity index (χ0) is 20.3. The Kier molecular flexibility index (Phi) is 5.72. The van der Waals surface area contributed by atoms with Crippen molar-refractivity contribution in [1.29, 1.82) is 5.26 Å². The topological polar surface area (TPSA) is 78.7 Å². The van der Waals surface area contributed by atoms with Gasteiger partial charge in [0.1, 0.15) is 11.1 Å². The second-order valence-corrected chi connectivity index (χ2v) is 6.88. The Morgan fingerprint density at radius 3 is 2.64 bits per heavy atom. The lowest BCUT2D eigenvalue weighted by atomic mass is 10.2. The third-order valence-electron chi connectivity index (χ3n) is 3.54. The summed E-state index contributed by atoms with van der Waals surface area (Å²) in [6.45, 7) is 0. The van der Waals surface area contributed by atoms with E-state index in [2.05, 4.69) is 15.3 Å². The van der Waals surface area contributed by atoms with Crippen molar-refractivity contribution in [2.75, 3.05) is 11.1 Å². The number of amides is 1. The molecule has 0 saturated heterocycles. The number of thioether (sulfide) groups is 1. The van der Waals surface area contributed by atoms with Gasteiger partial charge >= 0.3 is 6.18 Å². The van der Waals surface area contributed by atoms with Gasteiger partial charge in [-0.1, -0.05) is 41.6 Å². The van der Waals surface area contributed by atoms with Crippen LogP contribution in [0.1, 0.15) is 11.4 Å². The van der Waals surface area contributed by atoms with Crippen LogP contribution in [-0.4, -0.2) is 21.6 Å². The van der Waals surface area contributed by atoms with Gasteiger partial charge in [0.05, 0.1) is 21.9 Å². The van der Waals surface area contributed by atoms with E-state index in [0.717, 1.165) is 11.8 Å². The minimum Gasteiger partial charge on any atom is -0.325 e. The lowest BCUT2D eigenvalue weighted by Gasteiger charge is -2.10. The number of anilines is 1. The van der Waals surface area contributed by atoms with E-state index >= 15 is 0 Å². The molecule has 0 fully saturated rings. The molecule has 0 unspecified atom stereocenters. The number of halogens is 4. The van der Waals surface area contributed by atoms with E-state index in [0.29, 0.717) is 11.1 Å². The molecule has 2 aromatic carbocycles. The Labute approximate surface area is 166 Å². The van der Waals surface area contributed by atoms with Crippen LogP contribution < -0.4 is 5.32 Å².